The van der Waals surface area contributed by atoms with Gasteiger partial charge in [0.1, 0.15) is 5.78 Å². The van der Waals surface area contributed by atoms with E-state index >= 15 is 0 Å². The van der Waals surface area contributed by atoms with E-state index in [1.165, 1.54) is 6.26 Å². The average molecular weight is 463 g/mol. The molecule has 0 unspecified atom stereocenters. The Bertz CT molecular complexity index is 1230. The number of amides is 1. The van der Waals surface area contributed by atoms with Crippen LogP contribution in [0.1, 0.15) is 40.1 Å². The lowest BCUT2D eigenvalue weighted by molar-refractivity contribution is -0.119. The first kappa shape index (κ1) is 21.6. The second kappa shape index (κ2) is 9.29. The zero-order chi connectivity index (χ0) is 22.8. The summed E-state index contributed by atoms with van der Waals surface area (Å²) < 4.78 is 5.14. The van der Waals surface area contributed by atoms with E-state index in [0.717, 1.165) is 41.9 Å². The molecule has 33 heavy (non-hydrogen) atoms. The van der Waals surface area contributed by atoms with Gasteiger partial charge in [0.05, 0.1) is 12.0 Å². The van der Waals surface area contributed by atoms with Crippen LogP contribution in [0, 0.1) is 5.92 Å². The molecule has 2 aromatic heterocycles. The van der Waals surface area contributed by atoms with Gasteiger partial charge in [-0.3, -0.25) is 9.59 Å². The van der Waals surface area contributed by atoms with Crippen molar-refractivity contribution in [3.8, 4) is 0 Å². The maximum Gasteiger partial charge on any atom is 0.291 e. The molecule has 3 aromatic rings. The van der Waals surface area contributed by atoms with Crippen molar-refractivity contribution in [2.24, 2.45) is 10.9 Å². The highest BCUT2D eigenvalue weighted by Crippen LogP contribution is 2.31. The molecular weight excluding hydrogens is 440 g/mol. The Morgan fingerprint density at radius 2 is 2.15 bits per heavy atom. The molecule has 1 fully saturated rings. The molecule has 2 aliphatic heterocycles. The monoisotopic (exact) mass is 462 g/mol. The van der Waals surface area contributed by atoms with Crippen molar-refractivity contribution >= 4 is 40.5 Å². The van der Waals surface area contributed by atoms with Crippen molar-refractivity contribution in [2.45, 2.75) is 25.7 Å². The fourth-order valence-electron chi connectivity index (χ4n) is 4.32. The molecule has 0 bridgehead atoms. The minimum Gasteiger partial charge on any atom is -0.459 e. The van der Waals surface area contributed by atoms with Gasteiger partial charge in [0.15, 0.2) is 11.6 Å². The predicted molar refractivity (Wildman–Crippen MR) is 127 cm³/mol. The van der Waals surface area contributed by atoms with Crippen molar-refractivity contribution in [1.82, 2.24) is 10.3 Å². The smallest absolute Gasteiger partial charge is 0.291 e. The number of anilines is 1. The Morgan fingerprint density at radius 1 is 1.24 bits per heavy atom. The highest BCUT2D eigenvalue weighted by atomic mass is 35.5. The third-order valence-electron chi connectivity index (χ3n) is 5.96. The van der Waals surface area contributed by atoms with Crippen molar-refractivity contribution in [3.05, 3.63) is 76.3 Å². The summed E-state index contributed by atoms with van der Waals surface area (Å²) in [5.74, 6) is 1.22. The molecule has 0 aliphatic carbocycles. The summed E-state index contributed by atoms with van der Waals surface area (Å²) in [6.45, 7) is 1.92. The minimum atomic E-state index is -0.339. The van der Waals surface area contributed by atoms with E-state index in [0.29, 0.717) is 41.7 Å². The number of nitrogens with zero attached hydrogens (tertiary/aromatic N) is 2. The largest absolute Gasteiger partial charge is 0.459 e. The van der Waals surface area contributed by atoms with E-state index in [4.69, 9.17) is 16.0 Å². The van der Waals surface area contributed by atoms with Crippen molar-refractivity contribution in [1.29, 1.82) is 0 Å². The van der Waals surface area contributed by atoms with Gasteiger partial charge in [-0.2, -0.15) is 0 Å². The number of pyridine rings is 1. The Hall–Kier alpha value is -3.29. The third kappa shape index (κ3) is 4.89. The average Bonchev–Trinajstić information content (AvgIpc) is 3.56. The van der Waals surface area contributed by atoms with E-state index in [-0.39, 0.29) is 17.5 Å². The molecule has 168 valence electrons. The number of fused-ring (bicyclic) bond motifs is 1. The van der Waals surface area contributed by atoms with E-state index in [1.54, 1.807) is 36.5 Å². The minimum absolute atomic E-state index is 0.229. The van der Waals surface area contributed by atoms with Crippen LogP contribution < -0.4 is 10.6 Å². The molecule has 0 saturated carbocycles. The molecule has 1 amide bonds. The van der Waals surface area contributed by atoms with Gasteiger partial charge in [0.2, 0.25) is 0 Å². The maximum atomic E-state index is 12.5. The number of aromatic nitrogens is 1. The van der Waals surface area contributed by atoms with Gasteiger partial charge in [0, 0.05) is 47.3 Å². The molecule has 7 nitrogen and oxygen atoms in total. The Balaban J connectivity index is 1.28. The van der Waals surface area contributed by atoms with Crippen LogP contribution in [0.25, 0.3) is 0 Å². The molecule has 2 N–H and O–H groups in total. The van der Waals surface area contributed by atoms with E-state index in [2.05, 4.69) is 20.6 Å². The first-order valence-corrected chi connectivity index (χ1v) is 11.4. The summed E-state index contributed by atoms with van der Waals surface area (Å²) in [6, 6.07) is 10.5. The molecule has 4 heterocycles. The number of hydrogen-bond acceptors (Lipinski definition) is 6. The Kier molecular flexibility index (Phi) is 6.07. The molecular formula is C25H23ClN4O3. The second-order valence-corrected chi connectivity index (χ2v) is 8.87. The normalized spacial score (nSPS) is 17.0. The molecule has 5 rings (SSSR count). The highest BCUT2D eigenvalue weighted by molar-refractivity contribution is 6.34. The highest BCUT2D eigenvalue weighted by Gasteiger charge is 2.22. The van der Waals surface area contributed by atoms with Gasteiger partial charge in [-0.05, 0) is 67.4 Å². The van der Waals surface area contributed by atoms with Crippen LogP contribution in [0.15, 0.2) is 58.3 Å². The van der Waals surface area contributed by atoms with Crippen LogP contribution in [0.4, 0.5) is 11.5 Å². The van der Waals surface area contributed by atoms with Crippen LogP contribution >= 0.6 is 11.6 Å². The van der Waals surface area contributed by atoms with Crippen LogP contribution in [-0.2, 0) is 17.6 Å². The number of furan rings is 1. The first-order valence-electron chi connectivity index (χ1n) is 11.0. The molecule has 1 aromatic carbocycles. The summed E-state index contributed by atoms with van der Waals surface area (Å²) in [6.07, 6.45) is 5.81. The van der Waals surface area contributed by atoms with Crippen molar-refractivity contribution < 1.29 is 14.0 Å². The zero-order valence-corrected chi connectivity index (χ0v) is 18.7. The zero-order valence-electron chi connectivity index (χ0n) is 17.9. The number of benzene rings is 1. The number of rotatable bonds is 7. The lowest BCUT2D eigenvalue weighted by Gasteiger charge is -2.09. The fraction of sp³-hybridized carbons (Fsp3) is 0.280. The standard InChI is InChI=1S/C25H23ClN4O3/c26-21-4-3-18(29-25(32)23-2-1-7-33-23)12-20(21)22-11-17-8-16(14-28-24(17)30-22)10-19(31)9-15-5-6-27-13-15/h1-4,7-8,12,14-15,27H,5-6,9-11,13H2,(H,29,32)/t15-/m1/s1. The first-order chi connectivity index (χ1) is 16.0. The molecule has 1 saturated heterocycles. The van der Waals surface area contributed by atoms with Gasteiger partial charge in [0.25, 0.3) is 5.91 Å². The molecule has 1 atom stereocenters. The molecule has 8 heteroatoms. The maximum absolute atomic E-state index is 12.5. The summed E-state index contributed by atoms with van der Waals surface area (Å²) in [5.41, 5.74) is 3.98. The topological polar surface area (TPSA) is 96.6 Å². The van der Waals surface area contributed by atoms with Gasteiger partial charge in [-0.1, -0.05) is 11.6 Å². The number of halogens is 1. The molecule has 2 aliphatic rings. The molecule has 0 radical (unpaired) electrons. The summed E-state index contributed by atoms with van der Waals surface area (Å²) in [7, 11) is 0. The predicted octanol–water partition coefficient (Wildman–Crippen LogP) is 4.37. The fourth-order valence-corrected chi connectivity index (χ4v) is 4.54. The number of nitrogens with one attached hydrogen (secondary N) is 2. The van der Waals surface area contributed by atoms with Crippen LogP contribution in [-0.4, -0.2) is 35.5 Å². The van der Waals surface area contributed by atoms with Crippen molar-refractivity contribution in [2.75, 3.05) is 18.4 Å². The Morgan fingerprint density at radius 3 is 2.94 bits per heavy atom. The number of carbonyl (C=O) groups excluding carboxylic acids is 2. The van der Waals surface area contributed by atoms with Crippen molar-refractivity contribution in [3.63, 3.8) is 0 Å². The van der Waals surface area contributed by atoms with Gasteiger partial charge in [-0.25, -0.2) is 9.98 Å². The molecule has 0 spiro atoms. The summed E-state index contributed by atoms with van der Waals surface area (Å²) in [4.78, 5) is 33.9. The number of ketones is 1. The summed E-state index contributed by atoms with van der Waals surface area (Å²) >= 11 is 6.45. The SMILES string of the molecule is O=C(Cc1cnc2c(c1)CC(c1cc(NC(=O)c3ccco3)ccc1Cl)=N2)C[C@H]1CCNC1. The lowest BCUT2D eigenvalue weighted by atomic mass is 9.97. The third-order valence-corrected chi connectivity index (χ3v) is 6.29. The van der Waals surface area contributed by atoms with Gasteiger partial charge in [-0.15, -0.1) is 0 Å². The van der Waals surface area contributed by atoms with E-state index < -0.39 is 0 Å². The number of aliphatic imine (C=N–C) groups is 1. The lowest BCUT2D eigenvalue weighted by Crippen LogP contribution is -2.14. The van der Waals surface area contributed by atoms with E-state index in [9.17, 15) is 9.59 Å². The van der Waals surface area contributed by atoms with Gasteiger partial charge >= 0.3 is 0 Å². The van der Waals surface area contributed by atoms with E-state index in [1.807, 2.05) is 6.07 Å². The number of hydrogen-bond donors (Lipinski definition) is 2. The van der Waals surface area contributed by atoms with Crippen LogP contribution in [0.2, 0.25) is 5.02 Å². The van der Waals surface area contributed by atoms with Crippen LogP contribution in [0.3, 0.4) is 0 Å². The number of Topliss-reactive ketones (excluding diaryl/α,β-unsaturated/α-hetero) is 1. The number of carbonyl (C=O) groups is 2. The summed E-state index contributed by atoms with van der Waals surface area (Å²) in [5, 5.41) is 6.66. The quantitative estimate of drug-likeness (QED) is 0.543. The second-order valence-electron chi connectivity index (χ2n) is 8.47. The van der Waals surface area contributed by atoms with Crippen LogP contribution in [0.5, 0.6) is 0 Å². The van der Waals surface area contributed by atoms with Gasteiger partial charge < -0.3 is 15.1 Å². The Labute approximate surface area is 196 Å².